The van der Waals surface area contributed by atoms with Gasteiger partial charge in [-0.2, -0.15) is 0 Å². The zero-order chi connectivity index (χ0) is 15.3. The van der Waals surface area contributed by atoms with E-state index < -0.39 is 0 Å². The van der Waals surface area contributed by atoms with Crippen molar-refractivity contribution in [3.8, 4) is 0 Å². The van der Waals surface area contributed by atoms with Gasteiger partial charge in [0.1, 0.15) is 0 Å². The highest BCUT2D eigenvalue weighted by atomic mass is 16.2. The number of hydrogen-bond acceptors (Lipinski definition) is 3. The Bertz CT molecular complexity index is 342. The quantitative estimate of drug-likeness (QED) is 0.821. The standard InChI is InChI=1S/C15H29N3O2/c1-5-18(6-2)14(19)10-17(4)15(20)13-9-12(16)8-7-11(13)3/h11-13H,5-10,16H2,1-4H3. The molecule has 5 nitrogen and oxygen atoms in total. The van der Waals surface area contributed by atoms with Crippen LogP contribution in [0.25, 0.3) is 0 Å². The molecule has 5 heteroatoms. The van der Waals surface area contributed by atoms with Crippen molar-refractivity contribution in [2.24, 2.45) is 17.6 Å². The molecule has 0 aromatic carbocycles. The summed E-state index contributed by atoms with van der Waals surface area (Å²) >= 11 is 0. The van der Waals surface area contributed by atoms with Gasteiger partial charge in [-0.3, -0.25) is 9.59 Å². The van der Waals surface area contributed by atoms with E-state index in [1.165, 1.54) is 0 Å². The number of nitrogens with two attached hydrogens (primary N) is 1. The van der Waals surface area contributed by atoms with Crippen molar-refractivity contribution in [2.75, 3.05) is 26.7 Å². The molecule has 0 aromatic rings. The predicted molar refractivity (Wildman–Crippen MR) is 80.0 cm³/mol. The van der Waals surface area contributed by atoms with Gasteiger partial charge < -0.3 is 15.5 Å². The van der Waals surface area contributed by atoms with Crippen molar-refractivity contribution in [1.82, 2.24) is 9.80 Å². The molecule has 0 aliphatic heterocycles. The molecule has 116 valence electrons. The maximum Gasteiger partial charge on any atom is 0.242 e. The fourth-order valence-electron chi connectivity index (χ4n) is 2.94. The van der Waals surface area contributed by atoms with E-state index in [1.54, 1.807) is 16.8 Å². The summed E-state index contributed by atoms with van der Waals surface area (Å²) in [6.45, 7) is 7.54. The van der Waals surface area contributed by atoms with Crippen molar-refractivity contribution >= 4 is 11.8 Å². The Balaban J connectivity index is 2.59. The lowest BCUT2D eigenvalue weighted by atomic mass is 9.77. The molecule has 0 aromatic heterocycles. The molecule has 0 heterocycles. The molecule has 3 atom stereocenters. The second-order valence-corrected chi connectivity index (χ2v) is 5.92. The molecule has 1 aliphatic rings. The molecule has 1 rings (SSSR count). The maximum atomic E-state index is 12.5. The van der Waals surface area contributed by atoms with Gasteiger partial charge >= 0.3 is 0 Å². The molecule has 2 amide bonds. The van der Waals surface area contributed by atoms with Crippen LogP contribution in [0.15, 0.2) is 0 Å². The molecule has 0 bridgehead atoms. The van der Waals surface area contributed by atoms with Crippen LogP contribution in [0, 0.1) is 11.8 Å². The second kappa shape index (κ2) is 7.62. The first-order valence-corrected chi connectivity index (χ1v) is 7.68. The third-order valence-corrected chi connectivity index (χ3v) is 4.42. The fourth-order valence-corrected chi connectivity index (χ4v) is 2.94. The molecule has 1 aliphatic carbocycles. The Hall–Kier alpha value is -1.10. The number of carbonyl (C=O) groups excluding carboxylic acids is 2. The molecular weight excluding hydrogens is 254 g/mol. The molecule has 0 saturated heterocycles. The minimum Gasteiger partial charge on any atom is -0.342 e. The maximum absolute atomic E-state index is 12.5. The number of rotatable bonds is 5. The van der Waals surface area contributed by atoms with E-state index in [0.717, 1.165) is 19.3 Å². The largest absolute Gasteiger partial charge is 0.342 e. The summed E-state index contributed by atoms with van der Waals surface area (Å²) in [6, 6.07) is 0.118. The number of nitrogens with zero attached hydrogens (tertiary/aromatic N) is 2. The first-order chi connectivity index (χ1) is 9.40. The Morgan fingerprint density at radius 2 is 1.80 bits per heavy atom. The minimum atomic E-state index is -0.0340. The minimum absolute atomic E-state index is 0.0126. The molecule has 0 spiro atoms. The highest BCUT2D eigenvalue weighted by molar-refractivity contribution is 5.86. The molecule has 2 N–H and O–H groups in total. The van der Waals surface area contributed by atoms with Crippen molar-refractivity contribution in [3.63, 3.8) is 0 Å². The summed E-state index contributed by atoms with van der Waals surface area (Å²) < 4.78 is 0. The van der Waals surface area contributed by atoms with E-state index >= 15 is 0 Å². The van der Waals surface area contributed by atoms with Crippen LogP contribution in [-0.2, 0) is 9.59 Å². The van der Waals surface area contributed by atoms with Crippen LogP contribution in [0.1, 0.15) is 40.0 Å². The lowest BCUT2D eigenvalue weighted by Crippen LogP contribution is -2.46. The summed E-state index contributed by atoms with van der Waals surface area (Å²) in [5.74, 6) is 0.397. The number of amides is 2. The van der Waals surface area contributed by atoms with E-state index in [2.05, 4.69) is 6.92 Å². The smallest absolute Gasteiger partial charge is 0.242 e. The highest BCUT2D eigenvalue weighted by Gasteiger charge is 2.33. The van der Waals surface area contributed by atoms with Crippen molar-refractivity contribution < 1.29 is 9.59 Å². The van der Waals surface area contributed by atoms with Gasteiger partial charge in [-0.1, -0.05) is 6.92 Å². The van der Waals surface area contributed by atoms with E-state index in [9.17, 15) is 9.59 Å². The summed E-state index contributed by atoms with van der Waals surface area (Å²) in [6.07, 6.45) is 2.73. The highest BCUT2D eigenvalue weighted by Crippen LogP contribution is 2.30. The second-order valence-electron chi connectivity index (χ2n) is 5.92. The zero-order valence-electron chi connectivity index (χ0n) is 13.3. The average Bonchev–Trinajstić information content (AvgIpc) is 2.42. The number of hydrogen-bond donors (Lipinski definition) is 1. The van der Waals surface area contributed by atoms with E-state index in [4.69, 9.17) is 5.73 Å². The van der Waals surface area contributed by atoms with Crippen molar-refractivity contribution in [1.29, 1.82) is 0 Å². The predicted octanol–water partition coefficient (Wildman–Crippen LogP) is 1.08. The number of carbonyl (C=O) groups is 2. The lowest BCUT2D eigenvalue weighted by molar-refractivity contribution is -0.143. The molecule has 1 fully saturated rings. The van der Waals surface area contributed by atoms with Crippen molar-refractivity contribution in [3.05, 3.63) is 0 Å². The fraction of sp³-hybridized carbons (Fsp3) is 0.867. The van der Waals surface area contributed by atoms with Gasteiger partial charge in [0, 0.05) is 32.1 Å². The van der Waals surface area contributed by atoms with Crippen LogP contribution >= 0.6 is 0 Å². The van der Waals surface area contributed by atoms with Gasteiger partial charge in [-0.05, 0) is 39.0 Å². The molecule has 1 saturated carbocycles. The average molecular weight is 283 g/mol. The first kappa shape index (κ1) is 17.0. The Morgan fingerprint density at radius 3 is 2.35 bits per heavy atom. The van der Waals surface area contributed by atoms with Crippen LogP contribution in [0.3, 0.4) is 0 Å². The van der Waals surface area contributed by atoms with Crippen molar-refractivity contribution in [2.45, 2.75) is 46.1 Å². The molecule has 3 unspecified atom stereocenters. The lowest BCUT2D eigenvalue weighted by Gasteiger charge is -2.34. The van der Waals surface area contributed by atoms with E-state index in [0.29, 0.717) is 19.0 Å². The summed E-state index contributed by atoms with van der Waals surface area (Å²) in [5, 5.41) is 0. The normalized spacial score (nSPS) is 26.1. The Labute approximate surface area is 122 Å². The molecular formula is C15H29N3O2. The SMILES string of the molecule is CCN(CC)C(=O)CN(C)C(=O)C1CC(N)CCC1C. The third-order valence-electron chi connectivity index (χ3n) is 4.42. The zero-order valence-corrected chi connectivity index (χ0v) is 13.3. The van der Waals surface area contributed by atoms with Gasteiger partial charge in [0.2, 0.25) is 11.8 Å². The van der Waals surface area contributed by atoms with Gasteiger partial charge in [0.15, 0.2) is 0 Å². The van der Waals surface area contributed by atoms with Crippen LogP contribution in [-0.4, -0.2) is 54.3 Å². The van der Waals surface area contributed by atoms with Crippen LogP contribution in [0.2, 0.25) is 0 Å². The molecule has 20 heavy (non-hydrogen) atoms. The van der Waals surface area contributed by atoms with Crippen LogP contribution < -0.4 is 5.73 Å². The van der Waals surface area contributed by atoms with Gasteiger partial charge in [0.25, 0.3) is 0 Å². The van der Waals surface area contributed by atoms with Gasteiger partial charge in [-0.15, -0.1) is 0 Å². The third kappa shape index (κ3) is 4.20. The topological polar surface area (TPSA) is 66.6 Å². The summed E-state index contributed by atoms with van der Waals surface area (Å²) in [4.78, 5) is 27.9. The monoisotopic (exact) mass is 283 g/mol. The Kier molecular flexibility index (Phi) is 6.46. The van der Waals surface area contributed by atoms with Crippen LogP contribution in [0.5, 0.6) is 0 Å². The van der Waals surface area contributed by atoms with Gasteiger partial charge in [0.05, 0.1) is 6.54 Å². The first-order valence-electron chi connectivity index (χ1n) is 7.68. The van der Waals surface area contributed by atoms with E-state index in [-0.39, 0.29) is 30.3 Å². The van der Waals surface area contributed by atoms with E-state index in [1.807, 2.05) is 13.8 Å². The number of likely N-dealkylation sites (N-methyl/N-ethyl adjacent to an activating group) is 2. The van der Waals surface area contributed by atoms with Gasteiger partial charge in [-0.25, -0.2) is 0 Å². The molecule has 0 radical (unpaired) electrons. The summed E-state index contributed by atoms with van der Waals surface area (Å²) in [7, 11) is 1.72. The summed E-state index contributed by atoms with van der Waals surface area (Å²) in [5.41, 5.74) is 5.97. The Morgan fingerprint density at radius 1 is 1.20 bits per heavy atom. The van der Waals surface area contributed by atoms with Crippen LogP contribution in [0.4, 0.5) is 0 Å².